The summed E-state index contributed by atoms with van der Waals surface area (Å²) in [5.41, 5.74) is 1.14. The average molecular weight is 541 g/mol. The fraction of sp³-hybridized carbons (Fsp3) is 0.345. The highest BCUT2D eigenvalue weighted by atomic mass is 35.5. The van der Waals surface area contributed by atoms with Gasteiger partial charge in [0.1, 0.15) is 5.75 Å². The maximum Gasteiger partial charge on any atom is 0.223 e. The van der Waals surface area contributed by atoms with Gasteiger partial charge in [0, 0.05) is 43.5 Å². The van der Waals surface area contributed by atoms with Crippen LogP contribution in [-0.2, 0) is 27.1 Å². The summed E-state index contributed by atoms with van der Waals surface area (Å²) in [6.45, 7) is 1.40. The van der Waals surface area contributed by atoms with Crippen molar-refractivity contribution in [2.24, 2.45) is 5.41 Å². The van der Waals surface area contributed by atoms with Crippen molar-refractivity contribution < 1.29 is 17.9 Å². The summed E-state index contributed by atoms with van der Waals surface area (Å²) in [7, 11) is -1.78. The van der Waals surface area contributed by atoms with E-state index in [4.69, 9.17) is 16.3 Å². The first kappa shape index (κ1) is 27.2. The lowest BCUT2D eigenvalue weighted by molar-refractivity contribution is -0.134. The predicted octanol–water partition coefficient (Wildman–Crippen LogP) is 5.38. The second-order valence-corrected chi connectivity index (χ2v) is 12.2. The molecule has 0 unspecified atom stereocenters. The van der Waals surface area contributed by atoms with Gasteiger partial charge in [-0.2, -0.15) is 0 Å². The Labute approximate surface area is 224 Å². The van der Waals surface area contributed by atoms with Crippen LogP contribution in [0.1, 0.15) is 30.4 Å². The molecule has 1 saturated heterocycles. The Morgan fingerprint density at radius 1 is 0.973 bits per heavy atom. The highest BCUT2D eigenvalue weighted by molar-refractivity contribution is 7.88. The van der Waals surface area contributed by atoms with E-state index in [1.165, 1.54) is 0 Å². The van der Waals surface area contributed by atoms with Crippen molar-refractivity contribution in [1.29, 1.82) is 0 Å². The van der Waals surface area contributed by atoms with Crippen molar-refractivity contribution in [3.8, 4) is 5.75 Å². The van der Waals surface area contributed by atoms with Crippen LogP contribution in [0.25, 0.3) is 0 Å². The van der Waals surface area contributed by atoms with Gasteiger partial charge in [0.25, 0.3) is 0 Å². The normalized spacial score (nSPS) is 18.3. The number of hydrogen-bond acceptors (Lipinski definition) is 4. The molecule has 37 heavy (non-hydrogen) atoms. The van der Waals surface area contributed by atoms with Gasteiger partial charge in [-0.1, -0.05) is 72.3 Å². The lowest BCUT2D eigenvalue weighted by atomic mass is 9.78. The van der Waals surface area contributed by atoms with Crippen LogP contribution < -0.4 is 4.74 Å². The summed E-state index contributed by atoms with van der Waals surface area (Å²) in [6, 6.07) is 26.1. The highest BCUT2D eigenvalue weighted by Gasteiger charge is 2.42. The average Bonchev–Trinajstić information content (AvgIpc) is 2.89. The molecule has 0 N–H and O–H groups in total. The Morgan fingerprint density at radius 3 is 2.24 bits per heavy atom. The monoisotopic (exact) mass is 540 g/mol. The molecule has 1 atom stereocenters. The number of sulfonamides is 1. The third-order valence-electron chi connectivity index (χ3n) is 6.78. The number of rotatable bonds is 10. The molecular weight excluding hydrogens is 508 g/mol. The van der Waals surface area contributed by atoms with E-state index in [1.54, 1.807) is 40.5 Å². The number of nitrogens with zero attached hydrogens (tertiary/aromatic N) is 2. The molecule has 0 radical (unpaired) electrons. The van der Waals surface area contributed by atoms with Crippen LogP contribution in [0, 0.1) is 5.41 Å². The van der Waals surface area contributed by atoms with E-state index in [2.05, 4.69) is 0 Å². The molecule has 1 heterocycles. The van der Waals surface area contributed by atoms with Crippen LogP contribution >= 0.6 is 11.6 Å². The zero-order valence-corrected chi connectivity index (χ0v) is 22.6. The minimum atomic E-state index is -3.57. The Kier molecular flexibility index (Phi) is 8.90. The standard InChI is InChI=1S/C29H33ClN2O4S/c1-31(20-24-9-4-2-5-10-24)28(33)19-29(23-36-27-15-13-26(30)14-16-27)17-8-18-32(22-29)37(34,35)21-25-11-6-3-7-12-25/h2-7,9-16H,8,17-23H2,1H3/t29-/m1/s1. The number of halogens is 1. The Bertz CT molecular complexity index is 1270. The quantitative estimate of drug-likeness (QED) is 0.346. The Hall–Kier alpha value is -2.87. The number of amides is 1. The summed E-state index contributed by atoms with van der Waals surface area (Å²) in [4.78, 5) is 15.1. The first-order valence-electron chi connectivity index (χ1n) is 12.4. The summed E-state index contributed by atoms with van der Waals surface area (Å²) in [6.07, 6.45) is 1.55. The van der Waals surface area contributed by atoms with E-state index in [0.29, 0.717) is 36.7 Å². The van der Waals surface area contributed by atoms with E-state index in [-0.39, 0.29) is 31.2 Å². The van der Waals surface area contributed by atoms with Gasteiger partial charge in [0.05, 0.1) is 12.4 Å². The fourth-order valence-corrected chi connectivity index (χ4v) is 6.56. The molecule has 3 aromatic carbocycles. The maximum atomic E-state index is 13.4. The van der Waals surface area contributed by atoms with Crippen LogP contribution in [0.4, 0.5) is 0 Å². The molecule has 0 saturated carbocycles. The van der Waals surface area contributed by atoms with E-state index < -0.39 is 15.4 Å². The van der Waals surface area contributed by atoms with E-state index in [9.17, 15) is 13.2 Å². The lowest BCUT2D eigenvalue weighted by Crippen LogP contribution is -2.50. The largest absolute Gasteiger partial charge is 0.493 e. The third kappa shape index (κ3) is 7.57. The van der Waals surface area contributed by atoms with Crippen molar-refractivity contribution >= 4 is 27.5 Å². The van der Waals surface area contributed by atoms with Gasteiger partial charge >= 0.3 is 0 Å². The number of carbonyl (C=O) groups excluding carboxylic acids is 1. The van der Waals surface area contributed by atoms with Gasteiger partial charge < -0.3 is 9.64 Å². The molecule has 0 aromatic heterocycles. The summed E-state index contributed by atoms with van der Waals surface area (Å²) < 4.78 is 34.5. The second kappa shape index (κ2) is 12.1. The van der Waals surface area contributed by atoms with Gasteiger partial charge in [-0.05, 0) is 48.2 Å². The molecule has 196 valence electrons. The molecule has 0 bridgehead atoms. The second-order valence-electron chi connectivity index (χ2n) is 9.83. The van der Waals surface area contributed by atoms with E-state index in [0.717, 1.165) is 11.1 Å². The smallest absolute Gasteiger partial charge is 0.223 e. The minimum absolute atomic E-state index is 0.0362. The van der Waals surface area contributed by atoms with Crippen molar-refractivity contribution in [1.82, 2.24) is 9.21 Å². The number of benzene rings is 3. The van der Waals surface area contributed by atoms with Gasteiger partial charge in [0.15, 0.2) is 0 Å². The summed E-state index contributed by atoms with van der Waals surface area (Å²) in [5.74, 6) is 0.535. The molecule has 8 heteroatoms. The van der Waals surface area contributed by atoms with Crippen LogP contribution in [0.15, 0.2) is 84.9 Å². The molecule has 1 fully saturated rings. The minimum Gasteiger partial charge on any atom is -0.493 e. The molecule has 6 nitrogen and oxygen atoms in total. The van der Waals surface area contributed by atoms with Crippen molar-refractivity contribution in [3.05, 3.63) is 101 Å². The number of ether oxygens (including phenoxy) is 1. The molecule has 1 amide bonds. The van der Waals surface area contributed by atoms with Crippen molar-refractivity contribution in [3.63, 3.8) is 0 Å². The zero-order chi connectivity index (χ0) is 26.3. The first-order valence-corrected chi connectivity index (χ1v) is 14.4. The van der Waals surface area contributed by atoms with E-state index >= 15 is 0 Å². The molecule has 0 aliphatic carbocycles. The SMILES string of the molecule is CN(Cc1ccccc1)C(=O)C[C@]1(COc2ccc(Cl)cc2)CCCN(S(=O)(=O)Cc2ccccc2)C1. The van der Waals surface area contributed by atoms with Crippen LogP contribution in [-0.4, -0.2) is 50.3 Å². The van der Waals surface area contributed by atoms with Gasteiger partial charge in [0.2, 0.25) is 15.9 Å². The van der Waals surface area contributed by atoms with Crippen molar-refractivity contribution in [2.45, 2.75) is 31.6 Å². The van der Waals surface area contributed by atoms with E-state index in [1.807, 2.05) is 60.7 Å². The number of piperidine rings is 1. The predicted molar refractivity (Wildman–Crippen MR) is 147 cm³/mol. The molecule has 1 aliphatic rings. The molecule has 3 aromatic rings. The Morgan fingerprint density at radius 2 is 1.59 bits per heavy atom. The Balaban J connectivity index is 1.53. The molecule has 0 spiro atoms. The topological polar surface area (TPSA) is 66.9 Å². The zero-order valence-electron chi connectivity index (χ0n) is 21.1. The molecule has 1 aliphatic heterocycles. The van der Waals surface area contributed by atoms with Gasteiger partial charge in [-0.25, -0.2) is 12.7 Å². The summed E-state index contributed by atoms with van der Waals surface area (Å²) >= 11 is 6.01. The lowest BCUT2D eigenvalue weighted by Gasteiger charge is -2.42. The van der Waals surface area contributed by atoms with Crippen LogP contribution in [0.5, 0.6) is 5.75 Å². The highest BCUT2D eigenvalue weighted by Crippen LogP contribution is 2.37. The van der Waals surface area contributed by atoms with Gasteiger partial charge in [-0.3, -0.25) is 4.79 Å². The van der Waals surface area contributed by atoms with Crippen LogP contribution in [0.3, 0.4) is 0 Å². The third-order valence-corrected chi connectivity index (χ3v) is 8.83. The fourth-order valence-electron chi connectivity index (χ4n) is 4.76. The number of hydrogen-bond donors (Lipinski definition) is 0. The first-order chi connectivity index (χ1) is 17.7. The summed E-state index contributed by atoms with van der Waals surface area (Å²) in [5, 5.41) is 0.607. The molecule has 4 rings (SSSR count). The van der Waals surface area contributed by atoms with Gasteiger partial charge in [-0.15, -0.1) is 0 Å². The molecular formula is C29H33ClN2O4S. The number of carbonyl (C=O) groups is 1. The van der Waals surface area contributed by atoms with Crippen LogP contribution in [0.2, 0.25) is 5.02 Å². The van der Waals surface area contributed by atoms with Crippen molar-refractivity contribution in [2.75, 3.05) is 26.7 Å². The maximum absolute atomic E-state index is 13.4.